The highest BCUT2D eigenvalue weighted by Gasteiger charge is 2.49. The van der Waals surface area contributed by atoms with Gasteiger partial charge in [0, 0.05) is 31.2 Å². The summed E-state index contributed by atoms with van der Waals surface area (Å²) in [6.45, 7) is 2.83. The Balaban J connectivity index is 1.29. The number of likely N-dealkylation sites (tertiary alicyclic amines) is 1. The molecule has 0 spiro atoms. The Morgan fingerprint density at radius 1 is 1.29 bits per heavy atom. The molecule has 0 saturated carbocycles. The first-order valence-corrected chi connectivity index (χ1v) is 11.5. The molecule has 3 N–H and O–H groups in total. The van der Waals surface area contributed by atoms with Crippen molar-refractivity contribution in [2.75, 3.05) is 18.8 Å². The third-order valence-corrected chi connectivity index (χ3v) is 6.99. The van der Waals surface area contributed by atoms with Gasteiger partial charge in [0.05, 0.1) is 16.7 Å². The van der Waals surface area contributed by atoms with Gasteiger partial charge in [0.15, 0.2) is 0 Å². The van der Waals surface area contributed by atoms with Crippen molar-refractivity contribution in [1.82, 2.24) is 25.5 Å². The van der Waals surface area contributed by atoms with Crippen LogP contribution in [0.5, 0.6) is 0 Å². The van der Waals surface area contributed by atoms with Crippen molar-refractivity contribution < 1.29 is 14.4 Å². The van der Waals surface area contributed by atoms with Crippen molar-refractivity contribution in [3.8, 4) is 0 Å². The Labute approximate surface area is 183 Å². The summed E-state index contributed by atoms with van der Waals surface area (Å²) in [5.41, 5.74) is -0.472. The van der Waals surface area contributed by atoms with E-state index >= 15 is 0 Å². The lowest BCUT2D eigenvalue weighted by atomic mass is 9.80. The lowest BCUT2D eigenvalue weighted by Crippen LogP contribution is -2.56. The number of piperidine rings is 1. The van der Waals surface area contributed by atoms with Gasteiger partial charge >= 0.3 is 6.03 Å². The fourth-order valence-corrected chi connectivity index (χ4v) is 5.00. The Morgan fingerprint density at radius 2 is 2.10 bits per heavy atom. The van der Waals surface area contributed by atoms with Gasteiger partial charge < -0.3 is 15.2 Å². The number of amides is 4. The van der Waals surface area contributed by atoms with Crippen molar-refractivity contribution in [2.45, 2.75) is 37.5 Å². The van der Waals surface area contributed by atoms with Gasteiger partial charge in [0.1, 0.15) is 11.4 Å². The molecule has 2 saturated heterocycles. The number of benzene rings is 1. The van der Waals surface area contributed by atoms with Gasteiger partial charge in [0.2, 0.25) is 5.91 Å². The van der Waals surface area contributed by atoms with Crippen LogP contribution in [-0.4, -0.2) is 57.1 Å². The number of aromatic nitrogens is 2. The summed E-state index contributed by atoms with van der Waals surface area (Å²) in [5, 5.41) is 5.58. The van der Waals surface area contributed by atoms with Gasteiger partial charge in [-0.2, -0.15) is 11.8 Å². The van der Waals surface area contributed by atoms with E-state index in [4.69, 9.17) is 0 Å². The van der Waals surface area contributed by atoms with Crippen LogP contribution in [0.4, 0.5) is 4.79 Å². The van der Waals surface area contributed by atoms with Crippen molar-refractivity contribution in [1.29, 1.82) is 0 Å². The fraction of sp³-hybridized carbons (Fsp3) is 0.476. The first-order valence-electron chi connectivity index (χ1n) is 10.3. The number of imide groups is 1. The molecule has 4 amide bonds. The summed E-state index contributed by atoms with van der Waals surface area (Å²) in [4.78, 5) is 57.7. The van der Waals surface area contributed by atoms with Crippen LogP contribution >= 0.6 is 11.8 Å². The smallest absolute Gasteiger partial charge is 0.322 e. The number of aromatic amines is 1. The topological polar surface area (TPSA) is 124 Å². The van der Waals surface area contributed by atoms with Gasteiger partial charge in [-0.05, 0) is 31.9 Å². The Bertz CT molecular complexity index is 1090. The summed E-state index contributed by atoms with van der Waals surface area (Å²) in [7, 11) is 0. The van der Waals surface area contributed by atoms with Crippen molar-refractivity contribution >= 4 is 40.5 Å². The van der Waals surface area contributed by atoms with E-state index in [0.29, 0.717) is 47.7 Å². The van der Waals surface area contributed by atoms with Crippen molar-refractivity contribution in [2.24, 2.45) is 5.92 Å². The molecular weight excluding hydrogens is 418 g/mol. The van der Waals surface area contributed by atoms with Gasteiger partial charge in [-0.3, -0.25) is 19.7 Å². The zero-order valence-corrected chi connectivity index (χ0v) is 18.1. The molecule has 2 fully saturated rings. The van der Waals surface area contributed by atoms with Crippen molar-refractivity contribution in [3.63, 3.8) is 0 Å². The van der Waals surface area contributed by atoms with Crippen LogP contribution in [0.2, 0.25) is 0 Å². The number of para-hydroxylation sites is 1. The molecule has 2 atom stereocenters. The van der Waals surface area contributed by atoms with E-state index in [1.807, 2.05) is 12.1 Å². The second-order valence-corrected chi connectivity index (χ2v) is 9.23. The van der Waals surface area contributed by atoms with E-state index in [2.05, 4.69) is 20.6 Å². The van der Waals surface area contributed by atoms with E-state index in [1.54, 1.807) is 35.7 Å². The highest BCUT2D eigenvalue weighted by Crippen LogP contribution is 2.30. The van der Waals surface area contributed by atoms with Crippen LogP contribution in [0.3, 0.4) is 0 Å². The fourth-order valence-electron chi connectivity index (χ4n) is 4.21. The number of nitrogens with zero attached hydrogens (tertiary/aromatic N) is 2. The summed E-state index contributed by atoms with van der Waals surface area (Å²) in [6, 6.07) is 6.72. The van der Waals surface area contributed by atoms with Gasteiger partial charge in [-0.15, -0.1) is 0 Å². The Hall–Kier alpha value is -2.88. The number of hydrogen-bond donors (Lipinski definition) is 3. The molecule has 0 aliphatic carbocycles. The van der Waals surface area contributed by atoms with Crippen LogP contribution in [-0.2, 0) is 15.3 Å². The molecule has 3 heterocycles. The molecule has 0 bridgehead atoms. The minimum atomic E-state index is -0.974. The van der Waals surface area contributed by atoms with Crippen LogP contribution in [0.1, 0.15) is 32.0 Å². The molecule has 4 rings (SSSR count). The number of urea groups is 1. The molecule has 10 heteroatoms. The van der Waals surface area contributed by atoms with E-state index < -0.39 is 11.6 Å². The molecular formula is C21H25N5O4S. The monoisotopic (exact) mass is 443 g/mol. The maximum atomic E-state index is 12.7. The largest absolute Gasteiger partial charge is 0.342 e. The summed E-state index contributed by atoms with van der Waals surface area (Å²) in [5.74, 6) is 1.30. The molecule has 0 radical (unpaired) electrons. The third kappa shape index (κ3) is 4.43. The number of rotatable bonds is 6. The lowest BCUT2D eigenvalue weighted by Gasteiger charge is -2.39. The van der Waals surface area contributed by atoms with Crippen LogP contribution < -0.4 is 16.2 Å². The second-order valence-electron chi connectivity index (χ2n) is 8.12. The number of thioether (sulfide) groups is 1. The predicted octanol–water partition coefficient (Wildman–Crippen LogP) is 1.38. The number of hydrogen-bond acceptors (Lipinski definition) is 6. The number of carbonyl (C=O) groups is 3. The second kappa shape index (κ2) is 8.70. The molecule has 2 aliphatic heterocycles. The number of carbonyl (C=O) groups excluding carboxylic acids is 3. The quantitative estimate of drug-likeness (QED) is 0.458. The molecule has 2 aromatic rings. The summed E-state index contributed by atoms with van der Waals surface area (Å²) in [6.07, 6.45) is 1.94. The van der Waals surface area contributed by atoms with Crippen molar-refractivity contribution in [3.05, 3.63) is 40.4 Å². The maximum absolute atomic E-state index is 12.7. The minimum absolute atomic E-state index is 0.0329. The van der Waals surface area contributed by atoms with Gasteiger partial charge in [-0.25, -0.2) is 9.78 Å². The number of fused-ring (bicyclic) bond motifs is 1. The van der Waals surface area contributed by atoms with Crippen LogP contribution in [0.15, 0.2) is 29.1 Å². The van der Waals surface area contributed by atoms with E-state index in [1.165, 1.54) is 0 Å². The molecule has 2 unspecified atom stereocenters. The molecule has 1 aromatic heterocycles. The predicted molar refractivity (Wildman–Crippen MR) is 118 cm³/mol. The average molecular weight is 444 g/mol. The molecule has 164 valence electrons. The summed E-state index contributed by atoms with van der Waals surface area (Å²) < 4.78 is 0. The van der Waals surface area contributed by atoms with E-state index in [-0.39, 0.29) is 23.3 Å². The van der Waals surface area contributed by atoms with Crippen LogP contribution in [0, 0.1) is 5.92 Å². The first kappa shape index (κ1) is 21.4. The SMILES string of the molecule is CC1(C2CCCN(C(=O)CCSCc3nc4ccccc4c(=O)[nH]3)C2)NC(=O)NC1=O. The average Bonchev–Trinajstić information content (AvgIpc) is 3.03. The number of H-pyrrole nitrogens is 1. The maximum Gasteiger partial charge on any atom is 0.322 e. The summed E-state index contributed by atoms with van der Waals surface area (Å²) >= 11 is 1.54. The molecule has 9 nitrogen and oxygen atoms in total. The van der Waals surface area contributed by atoms with E-state index in [0.717, 1.165) is 12.8 Å². The highest BCUT2D eigenvalue weighted by atomic mass is 32.2. The normalized spacial score (nSPS) is 23.6. The Kier molecular flexibility index (Phi) is 5.99. The van der Waals surface area contributed by atoms with Crippen LogP contribution in [0.25, 0.3) is 10.9 Å². The zero-order valence-electron chi connectivity index (χ0n) is 17.3. The highest BCUT2D eigenvalue weighted by molar-refractivity contribution is 7.98. The zero-order chi connectivity index (χ0) is 22.0. The third-order valence-electron chi connectivity index (χ3n) is 6.02. The van der Waals surface area contributed by atoms with Gasteiger partial charge in [0.25, 0.3) is 11.5 Å². The molecule has 1 aromatic carbocycles. The minimum Gasteiger partial charge on any atom is -0.342 e. The number of nitrogens with one attached hydrogen (secondary N) is 3. The standard InChI is InChI=1S/C21H25N5O4S/c1-21(19(29)24-20(30)25-21)13-5-4-9-26(11-13)17(27)8-10-31-12-16-22-15-7-3-2-6-14(15)18(28)23-16/h2-3,6-7,13H,4-5,8-12H2,1H3,(H,22,23,28)(H2,24,25,29,30). The van der Waals surface area contributed by atoms with E-state index in [9.17, 15) is 19.2 Å². The lowest BCUT2D eigenvalue weighted by molar-refractivity contribution is -0.135. The van der Waals surface area contributed by atoms with Gasteiger partial charge in [-0.1, -0.05) is 12.1 Å². The Morgan fingerprint density at radius 3 is 2.87 bits per heavy atom. The molecule has 31 heavy (non-hydrogen) atoms. The molecule has 2 aliphatic rings. The first-order chi connectivity index (χ1) is 14.9.